The summed E-state index contributed by atoms with van der Waals surface area (Å²) in [6.45, 7) is 3.94. The van der Waals surface area contributed by atoms with E-state index >= 15 is 0 Å². The molecule has 0 unspecified atom stereocenters. The summed E-state index contributed by atoms with van der Waals surface area (Å²) < 4.78 is 70.4. The molecule has 210 valence electrons. The van der Waals surface area contributed by atoms with Crippen LogP contribution in [0.15, 0.2) is 72.9 Å². The molecule has 0 amide bonds. The molecule has 2 heterocycles. The number of nitrogens with zero attached hydrogens (tertiary/aromatic N) is 3. The summed E-state index contributed by atoms with van der Waals surface area (Å²) in [6, 6.07) is 18.0. The molecule has 0 atom stereocenters. The van der Waals surface area contributed by atoms with Gasteiger partial charge in [0.1, 0.15) is 17.4 Å². The number of ether oxygens (including phenoxy) is 3. The molecule has 0 saturated heterocycles. The summed E-state index contributed by atoms with van der Waals surface area (Å²) >= 11 is 0. The molecule has 0 radical (unpaired) electrons. The highest BCUT2D eigenvalue weighted by atomic mass is 19.4. The number of hydrogen-bond donors (Lipinski definition) is 0. The zero-order valence-corrected chi connectivity index (χ0v) is 22.0. The van der Waals surface area contributed by atoms with Crippen LogP contribution in [-0.2, 0) is 26.2 Å². The number of hydrogen-bond acceptors (Lipinski definition) is 5. The van der Waals surface area contributed by atoms with E-state index < -0.39 is 6.36 Å². The lowest BCUT2D eigenvalue weighted by molar-refractivity contribution is -0.275. The number of fused-ring (bicyclic) bond motifs is 1. The van der Waals surface area contributed by atoms with Crippen LogP contribution in [0.5, 0.6) is 17.2 Å². The van der Waals surface area contributed by atoms with Gasteiger partial charge in [-0.2, -0.15) is 0 Å². The van der Waals surface area contributed by atoms with Crippen LogP contribution in [0.3, 0.4) is 0 Å². The molecule has 1 aliphatic rings. The van der Waals surface area contributed by atoms with Crippen molar-refractivity contribution in [1.29, 1.82) is 0 Å². The van der Waals surface area contributed by atoms with Crippen molar-refractivity contribution in [1.82, 2.24) is 14.5 Å². The molecule has 0 spiro atoms. The lowest BCUT2D eigenvalue weighted by Gasteiger charge is -2.25. The number of halogens is 4. The molecular weight excluding hydrogens is 526 g/mol. The van der Waals surface area contributed by atoms with Crippen molar-refractivity contribution in [2.45, 2.75) is 52.3 Å². The van der Waals surface area contributed by atoms with E-state index in [1.54, 1.807) is 30.5 Å². The highest BCUT2D eigenvalue weighted by Crippen LogP contribution is 2.34. The number of rotatable bonds is 11. The summed E-state index contributed by atoms with van der Waals surface area (Å²) in [6.07, 6.45) is -1.16. The maximum absolute atomic E-state index is 13.6. The maximum atomic E-state index is 13.6. The number of alkyl halides is 3. The quantitative estimate of drug-likeness (QED) is 0.182. The third-order valence-corrected chi connectivity index (χ3v) is 6.60. The topological polar surface area (TPSA) is 48.8 Å². The largest absolute Gasteiger partial charge is 0.573 e. The first kappa shape index (κ1) is 27.5. The Morgan fingerprint density at radius 1 is 0.950 bits per heavy atom. The molecule has 0 saturated carbocycles. The average Bonchev–Trinajstić information content (AvgIpc) is 3.55. The fraction of sp³-hybridized carbons (Fsp3) is 0.300. The van der Waals surface area contributed by atoms with E-state index in [-0.39, 0.29) is 24.9 Å². The van der Waals surface area contributed by atoms with Crippen molar-refractivity contribution in [2.24, 2.45) is 0 Å². The first-order valence-corrected chi connectivity index (χ1v) is 13.0. The summed E-state index contributed by atoms with van der Waals surface area (Å²) in [5.41, 5.74) is 2.99. The predicted molar refractivity (Wildman–Crippen MR) is 141 cm³/mol. The minimum Gasteiger partial charge on any atom is -0.454 e. The van der Waals surface area contributed by atoms with E-state index in [0.29, 0.717) is 42.5 Å². The van der Waals surface area contributed by atoms with Gasteiger partial charge in [-0.25, -0.2) is 9.37 Å². The first-order chi connectivity index (χ1) is 19.3. The third kappa shape index (κ3) is 6.74. The molecule has 6 nitrogen and oxygen atoms in total. The van der Waals surface area contributed by atoms with Crippen LogP contribution in [0.1, 0.15) is 36.6 Å². The Kier molecular flexibility index (Phi) is 8.25. The number of benzene rings is 3. The van der Waals surface area contributed by atoms with Crippen LogP contribution in [-0.4, -0.2) is 27.6 Å². The number of unbranched alkanes of at least 4 members (excludes halogenated alkanes) is 1. The van der Waals surface area contributed by atoms with Gasteiger partial charge in [-0.05, 0) is 54.4 Å². The van der Waals surface area contributed by atoms with Crippen molar-refractivity contribution < 1.29 is 31.8 Å². The zero-order valence-electron chi connectivity index (χ0n) is 22.0. The SMILES string of the molecule is CCCCn1c(CN(Cc2ccc3c(c2)OCO3)Cc2ccccc2OC(F)(F)F)cnc1-c1ccc(F)cc1. The zero-order chi connectivity index (χ0) is 28.1. The molecule has 0 N–H and O–H groups in total. The van der Waals surface area contributed by atoms with Gasteiger partial charge in [-0.3, -0.25) is 4.90 Å². The Bertz CT molecular complexity index is 1440. The van der Waals surface area contributed by atoms with Crippen molar-refractivity contribution in [3.63, 3.8) is 0 Å². The van der Waals surface area contributed by atoms with Gasteiger partial charge < -0.3 is 18.8 Å². The Morgan fingerprint density at radius 3 is 2.50 bits per heavy atom. The second kappa shape index (κ2) is 12.0. The molecule has 5 rings (SSSR count). The Labute approximate surface area is 229 Å². The van der Waals surface area contributed by atoms with Crippen LogP contribution in [0.4, 0.5) is 17.6 Å². The van der Waals surface area contributed by atoms with Crippen molar-refractivity contribution in [2.75, 3.05) is 6.79 Å². The molecule has 0 bridgehead atoms. The summed E-state index contributed by atoms with van der Waals surface area (Å²) in [5, 5.41) is 0. The van der Waals surface area contributed by atoms with Gasteiger partial charge in [-0.15, -0.1) is 13.2 Å². The molecule has 4 aromatic rings. The number of para-hydroxylation sites is 1. The molecule has 10 heteroatoms. The fourth-order valence-corrected chi connectivity index (χ4v) is 4.73. The standard InChI is InChI=1S/C30H29F4N3O3/c1-2-3-14-37-25(16-35-29(37)22-9-11-24(31)12-10-22)19-36(17-21-8-13-27-28(15-21)39-20-38-27)18-23-6-4-5-7-26(23)40-30(32,33)34/h4-13,15-16H,2-3,14,17-20H2,1H3. The Morgan fingerprint density at radius 2 is 1.73 bits per heavy atom. The van der Waals surface area contributed by atoms with E-state index in [4.69, 9.17) is 9.47 Å². The molecular formula is C30H29F4N3O3. The van der Waals surface area contributed by atoms with E-state index in [9.17, 15) is 17.6 Å². The van der Waals surface area contributed by atoms with Crippen LogP contribution in [0.2, 0.25) is 0 Å². The fourth-order valence-electron chi connectivity index (χ4n) is 4.73. The van der Waals surface area contributed by atoms with Crippen LogP contribution >= 0.6 is 0 Å². The minimum atomic E-state index is -4.80. The maximum Gasteiger partial charge on any atom is 0.573 e. The lowest BCUT2D eigenvalue weighted by atomic mass is 10.1. The summed E-state index contributed by atoms with van der Waals surface area (Å²) in [5.74, 6) is 1.43. The summed E-state index contributed by atoms with van der Waals surface area (Å²) in [4.78, 5) is 6.68. The number of imidazole rings is 1. The highest BCUT2D eigenvalue weighted by molar-refractivity contribution is 5.56. The predicted octanol–water partition coefficient (Wildman–Crippen LogP) is 7.32. The van der Waals surface area contributed by atoms with Gasteiger partial charge in [0, 0.05) is 37.3 Å². The second-order valence-corrected chi connectivity index (χ2v) is 9.57. The van der Waals surface area contributed by atoms with Crippen molar-refractivity contribution >= 4 is 0 Å². The lowest BCUT2D eigenvalue weighted by Crippen LogP contribution is -2.25. The third-order valence-electron chi connectivity index (χ3n) is 6.60. The van der Waals surface area contributed by atoms with Gasteiger partial charge >= 0.3 is 6.36 Å². The minimum absolute atomic E-state index is 0.146. The van der Waals surface area contributed by atoms with E-state index in [1.807, 2.05) is 23.1 Å². The van der Waals surface area contributed by atoms with E-state index in [1.165, 1.54) is 24.3 Å². The average molecular weight is 556 g/mol. The van der Waals surface area contributed by atoms with E-state index in [0.717, 1.165) is 29.7 Å². The molecule has 0 fully saturated rings. The highest BCUT2D eigenvalue weighted by Gasteiger charge is 2.32. The van der Waals surface area contributed by atoms with Crippen LogP contribution in [0, 0.1) is 5.82 Å². The molecule has 1 aliphatic heterocycles. The van der Waals surface area contributed by atoms with Crippen LogP contribution < -0.4 is 14.2 Å². The van der Waals surface area contributed by atoms with Crippen molar-refractivity contribution in [3.05, 3.63) is 95.6 Å². The molecule has 3 aromatic carbocycles. The first-order valence-electron chi connectivity index (χ1n) is 13.0. The molecule has 0 aliphatic carbocycles. The molecule has 1 aromatic heterocycles. The smallest absolute Gasteiger partial charge is 0.454 e. The Balaban J connectivity index is 1.48. The van der Waals surface area contributed by atoms with Gasteiger partial charge in [0.05, 0.1) is 11.9 Å². The normalized spacial score (nSPS) is 12.8. The summed E-state index contributed by atoms with van der Waals surface area (Å²) in [7, 11) is 0. The molecule has 40 heavy (non-hydrogen) atoms. The van der Waals surface area contributed by atoms with E-state index in [2.05, 4.69) is 21.2 Å². The number of aromatic nitrogens is 2. The van der Waals surface area contributed by atoms with Gasteiger partial charge in [0.15, 0.2) is 11.5 Å². The van der Waals surface area contributed by atoms with Gasteiger partial charge in [-0.1, -0.05) is 37.6 Å². The van der Waals surface area contributed by atoms with Crippen LogP contribution in [0.25, 0.3) is 11.4 Å². The second-order valence-electron chi connectivity index (χ2n) is 9.57. The Hall–Kier alpha value is -4.05. The van der Waals surface area contributed by atoms with Crippen molar-refractivity contribution in [3.8, 4) is 28.6 Å². The van der Waals surface area contributed by atoms with Gasteiger partial charge in [0.25, 0.3) is 0 Å². The monoisotopic (exact) mass is 555 g/mol. The van der Waals surface area contributed by atoms with Gasteiger partial charge in [0.2, 0.25) is 6.79 Å².